The van der Waals surface area contributed by atoms with Crippen LogP contribution >= 0.6 is 0 Å². The van der Waals surface area contributed by atoms with E-state index in [0.29, 0.717) is 11.3 Å². The van der Waals surface area contributed by atoms with Gasteiger partial charge in [-0.25, -0.2) is 18.4 Å². The minimum atomic E-state index is -3.50. The van der Waals surface area contributed by atoms with Crippen LogP contribution in [0.3, 0.4) is 0 Å². The van der Waals surface area contributed by atoms with Crippen molar-refractivity contribution < 1.29 is 18.3 Å². The van der Waals surface area contributed by atoms with E-state index in [-0.39, 0.29) is 18.7 Å². The number of carbonyl (C=O) groups is 1. The molecule has 0 aliphatic heterocycles. The van der Waals surface area contributed by atoms with E-state index in [2.05, 4.69) is 10.6 Å². The zero-order valence-corrected chi connectivity index (χ0v) is 12.0. The molecule has 1 aromatic carbocycles. The predicted molar refractivity (Wildman–Crippen MR) is 76.7 cm³/mol. The Kier molecular flexibility index (Phi) is 5.93. The van der Waals surface area contributed by atoms with E-state index in [1.165, 1.54) is 0 Å². The Morgan fingerprint density at radius 3 is 2.75 bits per heavy atom. The van der Waals surface area contributed by atoms with Gasteiger partial charge in [0.25, 0.3) is 0 Å². The molecule has 1 atom stereocenters. The van der Waals surface area contributed by atoms with Crippen molar-refractivity contribution in [3.8, 4) is 0 Å². The zero-order valence-electron chi connectivity index (χ0n) is 11.2. The minimum absolute atomic E-state index is 0.176. The molecule has 0 fully saturated rings. The summed E-state index contributed by atoms with van der Waals surface area (Å²) in [5.41, 5.74) is 1.24. The van der Waals surface area contributed by atoms with Crippen molar-refractivity contribution in [1.29, 1.82) is 0 Å². The maximum atomic E-state index is 11.6. The normalized spacial score (nSPS) is 12.8. The van der Waals surface area contributed by atoms with Crippen LogP contribution in [-0.4, -0.2) is 31.9 Å². The first-order chi connectivity index (χ1) is 9.28. The number of nitrogens with two attached hydrogens (primary N) is 1. The van der Waals surface area contributed by atoms with Crippen molar-refractivity contribution in [2.45, 2.75) is 19.4 Å². The number of hydrogen-bond acceptors (Lipinski definition) is 4. The van der Waals surface area contributed by atoms with Crippen molar-refractivity contribution in [3.63, 3.8) is 0 Å². The number of aliphatic hydroxyl groups is 1. The molecule has 0 radical (unpaired) electrons. The van der Waals surface area contributed by atoms with E-state index in [9.17, 15) is 18.3 Å². The van der Waals surface area contributed by atoms with Crippen LogP contribution in [0, 0.1) is 0 Å². The summed E-state index contributed by atoms with van der Waals surface area (Å²) in [4.78, 5) is 11.6. The summed E-state index contributed by atoms with van der Waals surface area (Å²) in [6.45, 7) is 1.84. The van der Waals surface area contributed by atoms with Gasteiger partial charge in [0, 0.05) is 12.2 Å². The molecule has 1 rings (SSSR count). The highest BCUT2D eigenvalue weighted by molar-refractivity contribution is 7.89. The number of nitrogens with one attached hydrogen (secondary N) is 2. The average Bonchev–Trinajstić information content (AvgIpc) is 2.34. The van der Waals surface area contributed by atoms with Gasteiger partial charge in [-0.2, -0.15) is 0 Å². The molecule has 0 saturated heterocycles. The molecular weight excluding hydrogens is 282 g/mol. The number of rotatable bonds is 6. The van der Waals surface area contributed by atoms with Crippen LogP contribution in [0.4, 0.5) is 10.5 Å². The fourth-order valence-electron chi connectivity index (χ4n) is 1.53. The monoisotopic (exact) mass is 301 g/mol. The third kappa shape index (κ3) is 6.50. The first kappa shape index (κ1) is 16.4. The molecule has 0 aromatic heterocycles. The van der Waals surface area contributed by atoms with Crippen LogP contribution in [-0.2, 0) is 10.0 Å². The van der Waals surface area contributed by atoms with Crippen LogP contribution in [0.2, 0.25) is 0 Å². The highest BCUT2D eigenvalue weighted by Gasteiger charge is 2.06. The van der Waals surface area contributed by atoms with Crippen LogP contribution in [0.5, 0.6) is 0 Å². The van der Waals surface area contributed by atoms with Gasteiger partial charge in [-0.15, -0.1) is 0 Å². The van der Waals surface area contributed by atoms with Crippen LogP contribution in [0.1, 0.15) is 25.0 Å². The first-order valence-electron chi connectivity index (χ1n) is 6.11. The van der Waals surface area contributed by atoms with E-state index >= 15 is 0 Å². The molecule has 0 aliphatic carbocycles. The van der Waals surface area contributed by atoms with E-state index in [0.717, 1.165) is 0 Å². The van der Waals surface area contributed by atoms with E-state index in [1.54, 1.807) is 31.2 Å². The quantitative estimate of drug-likeness (QED) is 0.573. The first-order valence-corrected chi connectivity index (χ1v) is 7.83. The van der Waals surface area contributed by atoms with E-state index in [4.69, 9.17) is 5.14 Å². The second-order valence-corrected chi connectivity index (χ2v) is 6.14. The Morgan fingerprint density at radius 1 is 1.45 bits per heavy atom. The topological polar surface area (TPSA) is 122 Å². The molecule has 0 aliphatic rings. The summed E-state index contributed by atoms with van der Waals surface area (Å²) >= 11 is 0. The second-order valence-electron chi connectivity index (χ2n) is 4.40. The van der Waals surface area contributed by atoms with Crippen molar-refractivity contribution in [1.82, 2.24) is 5.32 Å². The zero-order chi connectivity index (χ0) is 15.2. The minimum Gasteiger partial charge on any atom is -0.389 e. The maximum absolute atomic E-state index is 11.6. The fraction of sp³-hybridized carbons (Fsp3) is 0.417. The third-order valence-electron chi connectivity index (χ3n) is 2.52. The molecule has 7 nitrogen and oxygen atoms in total. The lowest BCUT2D eigenvalue weighted by atomic mass is 10.1. The van der Waals surface area contributed by atoms with Gasteiger partial charge in [0.05, 0.1) is 11.9 Å². The number of aliphatic hydroxyl groups excluding tert-OH is 1. The smallest absolute Gasteiger partial charge is 0.319 e. The lowest BCUT2D eigenvalue weighted by Crippen LogP contribution is -2.31. The third-order valence-corrected chi connectivity index (χ3v) is 3.38. The molecule has 5 N–H and O–H groups in total. The summed E-state index contributed by atoms with van der Waals surface area (Å²) < 4.78 is 21.4. The number of benzene rings is 1. The molecule has 20 heavy (non-hydrogen) atoms. The van der Waals surface area contributed by atoms with Crippen molar-refractivity contribution in [3.05, 3.63) is 29.8 Å². The van der Waals surface area contributed by atoms with Gasteiger partial charge in [0.15, 0.2) is 0 Å². The van der Waals surface area contributed by atoms with Crippen molar-refractivity contribution in [2.24, 2.45) is 5.14 Å². The van der Waals surface area contributed by atoms with Gasteiger partial charge in [0.1, 0.15) is 0 Å². The summed E-state index contributed by atoms with van der Waals surface area (Å²) in [7, 11) is -3.50. The Balaban J connectivity index is 2.41. The molecule has 8 heteroatoms. The largest absolute Gasteiger partial charge is 0.389 e. The number of hydrogen-bond donors (Lipinski definition) is 4. The molecule has 2 amide bonds. The average molecular weight is 301 g/mol. The molecule has 1 unspecified atom stereocenters. The standard InChI is InChI=1S/C12H19N3O4S/c1-9(16)10-4-2-5-11(8-10)15-12(17)14-6-3-7-20(13,18)19/h2,4-5,8-9,16H,3,6-7H2,1H3,(H2,13,18,19)(H2,14,15,17). The number of primary sulfonamides is 1. The van der Waals surface area contributed by atoms with Crippen LogP contribution in [0.25, 0.3) is 0 Å². The summed E-state index contributed by atoms with van der Waals surface area (Å²) in [5.74, 6) is -0.176. The summed E-state index contributed by atoms with van der Waals surface area (Å²) in [6, 6.07) is 6.38. The highest BCUT2D eigenvalue weighted by Crippen LogP contribution is 2.16. The molecule has 112 valence electrons. The molecule has 0 bridgehead atoms. The number of amides is 2. The maximum Gasteiger partial charge on any atom is 0.319 e. The fourth-order valence-corrected chi connectivity index (χ4v) is 2.07. The molecule has 1 aromatic rings. The summed E-state index contributed by atoms with van der Waals surface area (Å²) in [5, 5.41) is 19.4. The van der Waals surface area contributed by atoms with Gasteiger partial charge in [-0.05, 0) is 31.0 Å². The van der Waals surface area contributed by atoms with Gasteiger partial charge in [-0.3, -0.25) is 0 Å². The number of anilines is 1. The van der Waals surface area contributed by atoms with Gasteiger partial charge >= 0.3 is 6.03 Å². The Bertz CT molecular complexity index is 558. The number of carbonyl (C=O) groups excluding carboxylic acids is 1. The molecule has 0 spiro atoms. The number of urea groups is 1. The van der Waals surface area contributed by atoms with Crippen molar-refractivity contribution >= 4 is 21.7 Å². The van der Waals surface area contributed by atoms with Crippen molar-refractivity contribution in [2.75, 3.05) is 17.6 Å². The lowest BCUT2D eigenvalue weighted by Gasteiger charge is -2.10. The summed E-state index contributed by atoms with van der Waals surface area (Å²) in [6.07, 6.45) is -0.366. The predicted octanol–water partition coefficient (Wildman–Crippen LogP) is 0.540. The molecule has 0 saturated carbocycles. The van der Waals surface area contributed by atoms with Crippen LogP contribution < -0.4 is 15.8 Å². The van der Waals surface area contributed by atoms with Gasteiger partial charge < -0.3 is 15.7 Å². The van der Waals surface area contributed by atoms with Gasteiger partial charge in [-0.1, -0.05) is 12.1 Å². The highest BCUT2D eigenvalue weighted by atomic mass is 32.2. The van der Waals surface area contributed by atoms with Crippen LogP contribution in [0.15, 0.2) is 24.3 Å². The van der Waals surface area contributed by atoms with E-state index in [1.807, 2.05) is 0 Å². The Labute approximate surface area is 118 Å². The SMILES string of the molecule is CC(O)c1cccc(NC(=O)NCCCS(N)(=O)=O)c1. The number of sulfonamides is 1. The van der Waals surface area contributed by atoms with E-state index < -0.39 is 22.2 Å². The Morgan fingerprint density at radius 2 is 2.15 bits per heavy atom. The second kappa shape index (κ2) is 7.22. The molecule has 0 heterocycles. The Hall–Kier alpha value is -1.64. The molecular formula is C12H19N3O4S. The van der Waals surface area contributed by atoms with Gasteiger partial charge in [0.2, 0.25) is 10.0 Å². The lowest BCUT2D eigenvalue weighted by molar-refractivity contribution is 0.199.